The lowest BCUT2D eigenvalue weighted by Crippen LogP contribution is -2.29. The quantitative estimate of drug-likeness (QED) is 0.603. The molecule has 0 unspecified atom stereocenters. The maximum atomic E-state index is 12.6. The molecule has 150 valence electrons. The van der Waals surface area contributed by atoms with Crippen LogP contribution in [0.2, 0.25) is 5.02 Å². The molecule has 0 radical (unpaired) electrons. The molecule has 0 bridgehead atoms. The Hall–Kier alpha value is -3.48. The highest BCUT2D eigenvalue weighted by molar-refractivity contribution is 6.40. The van der Waals surface area contributed by atoms with Gasteiger partial charge in [0, 0.05) is 5.69 Å². The summed E-state index contributed by atoms with van der Waals surface area (Å²) in [5.41, 5.74) is 2.35. The number of fused-ring (bicyclic) bond motifs is 1. The number of anilines is 2. The third-order valence-electron chi connectivity index (χ3n) is 4.61. The predicted octanol–water partition coefficient (Wildman–Crippen LogP) is 4.30. The number of benzene rings is 3. The van der Waals surface area contributed by atoms with Gasteiger partial charge in [0.05, 0.1) is 28.4 Å². The zero-order valence-corrected chi connectivity index (χ0v) is 16.6. The minimum absolute atomic E-state index is 0.118. The molecule has 1 N–H and O–H groups in total. The van der Waals surface area contributed by atoms with Gasteiger partial charge in [-0.25, -0.2) is 4.90 Å². The van der Waals surface area contributed by atoms with Crippen LogP contribution < -0.4 is 10.2 Å². The Balaban J connectivity index is 1.41. The van der Waals surface area contributed by atoms with Gasteiger partial charge in [-0.05, 0) is 35.9 Å². The molecule has 3 aromatic rings. The van der Waals surface area contributed by atoms with Gasteiger partial charge >= 0.3 is 0 Å². The van der Waals surface area contributed by atoms with Crippen LogP contribution in [0.25, 0.3) is 0 Å². The summed E-state index contributed by atoms with van der Waals surface area (Å²) in [7, 11) is 0. The van der Waals surface area contributed by atoms with E-state index in [2.05, 4.69) is 5.32 Å². The van der Waals surface area contributed by atoms with Gasteiger partial charge in [-0.2, -0.15) is 0 Å². The van der Waals surface area contributed by atoms with Crippen LogP contribution in [0.15, 0.2) is 72.8 Å². The molecule has 1 aliphatic heterocycles. The second kappa shape index (κ2) is 8.49. The highest BCUT2D eigenvalue weighted by Crippen LogP contribution is 2.34. The van der Waals surface area contributed by atoms with Crippen LogP contribution in [0.3, 0.4) is 0 Å². The first-order valence-corrected chi connectivity index (χ1v) is 9.61. The molecule has 0 fully saturated rings. The van der Waals surface area contributed by atoms with Crippen molar-refractivity contribution in [2.75, 3.05) is 16.8 Å². The smallest absolute Gasteiger partial charge is 0.266 e. The highest BCUT2D eigenvalue weighted by atomic mass is 35.5. The van der Waals surface area contributed by atoms with E-state index in [4.69, 9.17) is 16.3 Å². The fraction of sp³-hybridized carbons (Fsp3) is 0.0870. The normalized spacial score (nSPS) is 12.8. The van der Waals surface area contributed by atoms with Gasteiger partial charge < -0.3 is 10.1 Å². The molecule has 4 rings (SSSR count). The molecule has 0 aliphatic carbocycles. The van der Waals surface area contributed by atoms with Crippen molar-refractivity contribution in [1.29, 1.82) is 0 Å². The first kappa shape index (κ1) is 19.8. The summed E-state index contributed by atoms with van der Waals surface area (Å²) in [5, 5.41) is 2.86. The summed E-state index contributed by atoms with van der Waals surface area (Å²) in [6.07, 6.45) is 0. The molecular formula is C23H17ClN2O4. The zero-order chi connectivity index (χ0) is 21.1. The lowest BCUT2D eigenvalue weighted by molar-refractivity contribution is -0.121. The molecule has 3 amide bonds. The fourth-order valence-corrected chi connectivity index (χ4v) is 3.47. The summed E-state index contributed by atoms with van der Waals surface area (Å²) >= 11 is 6.32. The van der Waals surface area contributed by atoms with Gasteiger partial charge in [0.1, 0.15) is 6.61 Å². The summed E-state index contributed by atoms with van der Waals surface area (Å²) in [6.45, 7) is 0.209. The predicted molar refractivity (Wildman–Crippen MR) is 114 cm³/mol. The molecular weight excluding hydrogens is 404 g/mol. The SMILES string of the molecule is O=C(COCc1ccccc1)Nc1ccc(N2C(=O)c3ccccc3C2=O)c(Cl)c1. The number of amides is 3. The maximum Gasteiger partial charge on any atom is 0.266 e. The molecule has 0 aromatic heterocycles. The van der Waals surface area contributed by atoms with Gasteiger partial charge in [-0.1, -0.05) is 54.1 Å². The van der Waals surface area contributed by atoms with Gasteiger partial charge in [0.15, 0.2) is 0 Å². The molecule has 7 heteroatoms. The highest BCUT2D eigenvalue weighted by Gasteiger charge is 2.37. The number of ether oxygens (including phenoxy) is 1. The van der Waals surface area contributed by atoms with Crippen molar-refractivity contribution in [1.82, 2.24) is 0 Å². The van der Waals surface area contributed by atoms with E-state index in [1.165, 1.54) is 12.1 Å². The third kappa shape index (κ3) is 3.96. The van der Waals surface area contributed by atoms with E-state index in [1.807, 2.05) is 30.3 Å². The molecule has 1 heterocycles. The summed E-state index contributed by atoms with van der Waals surface area (Å²) in [6, 6.07) is 20.8. The number of hydrogen-bond donors (Lipinski definition) is 1. The topological polar surface area (TPSA) is 75.7 Å². The van der Waals surface area contributed by atoms with Crippen LogP contribution >= 0.6 is 11.6 Å². The van der Waals surface area contributed by atoms with Crippen molar-refractivity contribution in [2.24, 2.45) is 0 Å². The average Bonchev–Trinajstić information content (AvgIpc) is 3.00. The number of nitrogens with zero attached hydrogens (tertiary/aromatic N) is 1. The summed E-state index contributed by atoms with van der Waals surface area (Å²) in [4.78, 5) is 38.4. The second-order valence-electron chi connectivity index (χ2n) is 6.68. The largest absolute Gasteiger partial charge is 0.367 e. The Labute approximate surface area is 178 Å². The number of carbonyl (C=O) groups excluding carboxylic acids is 3. The van der Waals surface area contributed by atoms with Gasteiger partial charge in [-0.3, -0.25) is 14.4 Å². The number of carbonyl (C=O) groups is 3. The molecule has 0 atom stereocenters. The number of hydrogen-bond acceptors (Lipinski definition) is 4. The first-order chi connectivity index (χ1) is 14.5. The van der Waals surface area contributed by atoms with E-state index >= 15 is 0 Å². The van der Waals surface area contributed by atoms with Crippen molar-refractivity contribution in [2.45, 2.75) is 6.61 Å². The van der Waals surface area contributed by atoms with Gasteiger partial charge in [0.2, 0.25) is 5.91 Å². The molecule has 1 aliphatic rings. The van der Waals surface area contributed by atoms with E-state index < -0.39 is 11.8 Å². The van der Waals surface area contributed by atoms with E-state index in [0.29, 0.717) is 23.4 Å². The third-order valence-corrected chi connectivity index (χ3v) is 4.91. The van der Waals surface area contributed by atoms with Crippen LogP contribution in [0.5, 0.6) is 0 Å². The Morgan fingerprint density at radius 1 is 0.900 bits per heavy atom. The van der Waals surface area contributed by atoms with Crippen molar-refractivity contribution >= 4 is 40.7 Å². The van der Waals surface area contributed by atoms with Gasteiger partial charge in [0.25, 0.3) is 11.8 Å². The molecule has 6 nitrogen and oxygen atoms in total. The Morgan fingerprint density at radius 2 is 1.53 bits per heavy atom. The lowest BCUT2D eigenvalue weighted by Gasteiger charge is -2.16. The maximum absolute atomic E-state index is 12.6. The number of rotatable bonds is 6. The van der Waals surface area contributed by atoms with E-state index in [9.17, 15) is 14.4 Å². The lowest BCUT2D eigenvalue weighted by atomic mass is 10.1. The minimum atomic E-state index is -0.427. The molecule has 0 spiro atoms. The van der Waals surface area contributed by atoms with E-state index in [-0.39, 0.29) is 23.2 Å². The Morgan fingerprint density at radius 3 is 2.17 bits per heavy atom. The summed E-state index contributed by atoms with van der Waals surface area (Å²) < 4.78 is 5.41. The van der Waals surface area contributed by atoms with Crippen LogP contribution in [0.1, 0.15) is 26.3 Å². The van der Waals surface area contributed by atoms with E-state index in [1.54, 1.807) is 30.3 Å². The van der Waals surface area contributed by atoms with Crippen LogP contribution in [0.4, 0.5) is 11.4 Å². The molecule has 3 aromatic carbocycles. The monoisotopic (exact) mass is 420 g/mol. The van der Waals surface area contributed by atoms with Crippen LogP contribution in [0, 0.1) is 0 Å². The second-order valence-corrected chi connectivity index (χ2v) is 7.09. The Kier molecular flexibility index (Phi) is 5.61. The van der Waals surface area contributed by atoms with Crippen molar-refractivity contribution in [3.63, 3.8) is 0 Å². The molecule has 0 saturated heterocycles. The standard InChI is InChI=1S/C23H17ClN2O4/c24-19-12-16(25-21(27)14-30-13-15-6-2-1-3-7-15)10-11-20(19)26-22(28)17-8-4-5-9-18(17)23(26)29/h1-12H,13-14H2,(H,25,27). The molecule has 0 saturated carbocycles. The van der Waals surface area contributed by atoms with Gasteiger partial charge in [-0.15, -0.1) is 0 Å². The van der Waals surface area contributed by atoms with Crippen molar-refractivity contribution in [3.05, 3.63) is 94.5 Å². The van der Waals surface area contributed by atoms with Crippen LogP contribution in [-0.4, -0.2) is 24.3 Å². The zero-order valence-electron chi connectivity index (χ0n) is 15.8. The number of halogens is 1. The summed E-state index contributed by atoms with van der Waals surface area (Å²) in [5.74, 6) is -1.19. The minimum Gasteiger partial charge on any atom is -0.367 e. The van der Waals surface area contributed by atoms with Crippen LogP contribution in [-0.2, 0) is 16.1 Å². The fourth-order valence-electron chi connectivity index (χ4n) is 3.21. The van der Waals surface area contributed by atoms with Crippen molar-refractivity contribution in [3.8, 4) is 0 Å². The van der Waals surface area contributed by atoms with Crippen molar-refractivity contribution < 1.29 is 19.1 Å². The number of imide groups is 1. The number of nitrogens with one attached hydrogen (secondary N) is 1. The molecule has 30 heavy (non-hydrogen) atoms. The average molecular weight is 421 g/mol. The first-order valence-electron chi connectivity index (χ1n) is 9.23. The Bertz CT molecular complexity index is 1100. The van der Waals surface area contributed by atoms with E-state index in [0.717, 1.165) is 10.5 Å².